The maximum Gasteiger partial charge on any atom is 0.119 e. The van der Waals surface area contributed by atoms with Crippen LogP contribution in [0.25, 0.3) is 0 Å². The third-order valence-corrected chi connectivity index (χ3v) is 3.07. The Bertz CT molecular complexity index is 320. The molecule has 0 spiro atoms. The van der Waals surface area contributed by atoms with Crippen LogP contribution >= 0.6 is 0 Å². The fourth-order valence-corrected chi connectivity index (χ4v) is 1.65. The number of hydrogen-bond donors (Lipinski definition) is 1. The van der Waals surface area contributed by atoms with Crippen molar-refractivity contribution in [3.8, 4) is 5.75 Å². The first kappa shape index (κ1) is 14.0. The molecule has 2 nitrogen and oxygen atoms in total. The predicted molar refractivity (Wildman–Crippen MR) is 73.8 cm³/mol. The van der Waals surface area contributed by atoms with E-state index in [4.69, 9.17) is 4.74 Å². The molecule has 0 heterocycles. The van der Waals surface area contributed by atoms with Crippen molar-refractivity contribution in [2.24, 2.45) is 0 Å². The summed E-state index contributed by atoms with van der Waals surface area (Å²) < 4.78 is 5.76. The van der Waals surface area contributed by atoms with E-state index < -0.39 is 0 Å². The van der Waals surface area contributed by atoms with Crippen molar-refractivity contribution < 1.29 is 4.74 Å². The molecule has 1 atom stereocenters. The Kier molecular flexibility index (Phi) is 5.01. The van der Waals surface area contributed by atoms with Crippen molar-refractivity contribution in [3.63, 3.8) is 0 Å². The van der Waals surface area contributed by atoms with Gasteiger partial charge in [-0.05, 0) is 36.6 Å². The van der Waals surface area contributed by atoms with Gasteiger partial charge in [-0.15, -0.1) is 0 Å². The molecular formula is C15H25NO. The van der Waals surface area contributed by atoms with Crippen LogP contribution in [0.3, 0.4) is 0 Å². The van der Waals surface area contributed by atoms with E-state index in [0.29, 0.717) is 6.04 Å². The second kappa shape index (κ2) is 6.06. The molecule has 0 radical (unpaired) electrons. The van der Waals surface area contributed by atoms with Crippen LogP contribution in [0, 0.1) is 0 Å². The molecule has 0 bridgehead atoms. The number of nitrogens with one attached hydrogen (secondary N) is 1. The van der Waals surface area contributed by atoms with Crippen LogP contribution in [-0.2, 0) is 5.41 Å². The third kappa shape index (κ3) is 4.39. The summed E-state index contributed by atoms with van der Waals surface area (Å²) in [7, 11) is 1.97. The predicted octanol–water partition coefficient (Wildman–Crippen LogP) is 3.36. The molecule has 1 unspecified atom stereocenters. The number of benzene rings is 1. The molecule has 1 rings (SSSR count). The van der Waals surface area contributed by atoms with Crippen LogP contribution in [0.4, 0.5) is 0 Å². The van der Waals surface area contributed by atoms with Gasteiger partial charge in [-0.3, -0.25) is 0 Å². The standard InChI is InChI=1S/C15H25NO/c1-6-13(16-5)11-17-14-9-7-12(8-10-14)15(2,3)4/h7-10,13,16H,6,11H2,1-5H3. The van der Waals surface area contributed by atoms with Crippen LogP contribution in [0.1, 0.15) is 39.7 Å². The largest absolute Gasteiger partial charge is 0.492 e. The minimum Gasteiger partial charge on any atom is -0.492 e. The summed E-state index contributed by atoms with van der Waals surface area (Å²) in [6, 6.07) is 8.84. The molecule has 0 fully saturated rings. The average molecular weight is 235 g/mol. The molecule has 1 aromatic rings. The molecule has 0 aliphatic rings. The highest BCUT2D eigenvalue weighted by atomic mass is 16.5. The summed E-state index contributed by atoms with van der Waals surface area (Å²) in [5, 5.41) is 3.23. The molecule has 96 valence electrons. The highest BCUT2D eigenvalue weighted by Crippen LogP contribution is 2.24. The molecule has 2 heteroatoms. The van der Waals surface area contributed by atoms with Crippen LogP contribution < -0.4 is 10.1 Å². The Morgan fingerprint density at radius 1 is 1.18 bits per heavy atom. The minimum atomic E-state index is 0.204. The van der Waals surface area contributed by atoms with Gasteiger partial charge in [0, 0.05) is 6.04 Å². The zero-order valence-electron chi connectivity index (χ0n) is 11.7. The average Bonchev–Trinajstić information content (AvgIpc) is 2.30. The van der Waals surface area contributed by atoms with Crippen molar-refractivity contribution in [2.75, 3.05) is 13.7 Å². The lowest BCUT2D eigenvalue weighted by atomic mass is 9.87. The van der Waals surface area contributed by atoms with Gasteiger partial charge in [0.25, 0.3) is 0 Å². The van der Waals surface area contributed by atoms with Gasteiger partial charge in [-0.25, -0.2) is 0 Å². The number of likely N-dealkylation sites (N-methyl/N-ethyl adjacent to an activating group) is 1. The number of ether oxygens (including phenoxy) is 1. The molecule has 0 aliphatic carbocycles. The molecule has 0 saturated carbocycles. The zero-order valence-corrected chi connectivity index (χ0v) is 11.7. The highest BCUT2D eigenvalue weighted by Gasteiger charge is 2.13. The normalized spacial score (nSPS) is 13.5. The lowest BCUT2D eigenvalue weighted by Gasteiger charge is -2.20. The molecule has 17 heavy (non-hydrogen) atoms. The Hall–Kier alpha value is -1.02. The summed E-state index contributed by atoms with van der Waals surface area (Å²) in [5.74, 6) is 0.951. The Morgan fingerprint density at radius 3 is 2.18 bits per heavy atom. The fraction of sp³-hybridized carbons (Fsp3) is 0.600. The van der Waals surface area contributed by atoms with E-state index >= 15 is 0 Å². The van der Waals surface area contributed by atoms with Crippen LogP contribution in [0.5, 0.6) is 5.75 Å². The quantitative estimate of drug-likeness (QED) is 0.845. The van der Waals surface area contributed by atoms with Gasteiger partial charge in [0.15, 0.2) is 0 Å². The highest BCUT2D eigenvalue weighted by molar-refractivity contribution is 5.31. The van der Waals surface area contributed by atoms with E-state index in [9.17, 15) is 0 Å². The van der Waals surface area contributed by atoms with Crippen molar-refractivity contribution >= 4 is 0 Å². The second-order valence-corrected chi connectivity index (χ2v) is 5.48. The van der Waals surface area contributed by atoms with Crippen molar-refractivity contribution in [3.05, 3.63) is 29.8 Å². The van der Waals surface area contributed by atoms with Gasteiger partial charge in [0.05, 0.1) is 0 Å². The van der Waals surface area contributed by atoms with Crippen LogP contribution in [-0.4, -0.2) is 19.7 Å². The van der Waals surface area contributed by atoms with E-state index in [1.165, 1.54) is 5.56 Å². The Morgan fingerprint density at radius 2 is 1.76 bits per heavy atom. The van der Waals surface area contributed by atoms with Gasteiger partial charge < -0.3 is 10.1 Å². The van der Waals surface area contributed by atoms with E-state index in [-0.39, 0.29) is 5.41 Å². The second-order valence-electron chi connectivity index (χ2n) is 5.48. The van der Waals surface area contributed by atoms with Crippen LogP contribution in [0.2, 0.25) is 0 Å². The number of hydrogen-bond acceptors (Lipinski definition) is 2. The first-order chi connectivity index (χ1) is 7.97. The SMILES string of the molecule is CCC(COc1ccc(C(C)(C)C)cc1)NC. The molecule has 1 aromatic carbocycles. The first-order valence-corrected chi connectivity index (χ1v) is 6.38. The molecule has 1 N–H and O–H groups in total. The van der Waals surface area contributed by atoms with E-state index in [1.54, 1.807) is 0 Å². The third-order valence-electron chi connectivity index (χ3n) is 3.07. The summed E-state index contributed by atoms with van der Waals surface area (Å²) >= 11 is 0. The molecule has 0 amide bonds. The number of rotatable bonds is 5. The lowest BCUT2D eigenvalue weighted by Crippen LogP contribution is -2.30. The zero-order chi connectivity index (χ0) is 12.9. The Labute approximate surface area is 105 Å². The molecule has 0 aliphatic heterocycles. The van der Waals surface area contributed by atoms with E-state index in [2.05, 4.69) is 57.3 Å². The molecular weight excluding hydrogens is 210 g/mol. The van der Waals surface area contributed by atoms with Gasteiger partial charge in [0.2, 0.25) is 0 Å². The van der Waals surface area contributed by atoms with Gasteiger partial charge >= 0.3 is 0 Å². The molecule has 0 saturated heterocycles. The summed E-state index contributed by atoms with van der Waals surface area (Å²) in [4.78, 5) is 0. The van der Waals surface area contributed by atoms with E-state index in [0.717, 1.165) is 18.8 Å². The smallest absolute Gasteiger partial charge is 0.119 e. The topological polar surface area (TPSA) is 21.3 Å². The van der Waals surface area contributed by atoms with E-state index in [1.807, 2.05) is 7.05 Å². The van der Waals surface area contributed by atoms with Crippen molar-refractivity contribution in [2.45, 2.75) is 45.6 Å². The van der Waals surface area contributed by atoms with Gasteiger partial charge in [0.1, 0.15) is 12.4 Å². The van der Waals surface area contributed by atoms with Crippen molar-refractivity contribution in [1.29, 1.82) is 0 Å². The maximum atomic E-state index is 5.76. The molecule has 0 aromatic heterocycles. The Balaban J connectivity index is 2.57. The van der Waals surface area contributed by atoms with Crippen molar-refractivity contribution in [1.82, 2.24) is 5.32 Å². The maximum absolute atomic E-state index is 5.76. The first-order valence-electron chi connectivity index (χ1n) is 6.38. The minimum absolute atomic E-state index is 0.204. The summed E-state index contributed by atoms with van der Waals surface area (Å²) in [6.07, 6.45) is 1.08. The summed E-state index contributed by atoms with van der Waals surface area (Å²) in [6.45, 7) is 9.54. The monoisotopic (exact) mass is 235 g/mol. The fourth-order valence-electron chi connectivity index (χ4n) is 1.65. The van der Waals surface area contributed by atoms with Crippen LogP contribution in [0.15, 0.2) is 24.3 Å². The lowest BCUT2D eigenvalue weighted by molar-refractivity contribution is 0.267. The summed E-state index contributed by atoms with van der Waals surface area (Å²) in [5.41, 5.74) is 1.54. The van der Waals surface area contributed by atoms with Gasteiger partial charge in [-0.1, -0.05) is 39.8 Å². The van der Waals surface area contributed by atoms with Gasteiger partial charge in [-0.2, -0.15) is 0 Å².